The number of rotatable bonds is 10. The van der Waals surface area contributed by atoms with Crippen LogP contribution in [0.4, 0.5) is 5.82 Å². The Labute approximate surface area is 183 Å². The van der Waals surface area contributed by atoms with E-state index in [1.54, 1.807) is 0 Å². The van der Waals surface area contributed by atoms with E-state index in [4.69, 9.17) is 10.5 Å². The van der Waals surface area contributed by atoms with Crippen LogP contribution in [0, 0.1) is 0 Å². The molecule has 31 heavy (non-hydrogen) atoms. The van der Waals surface area contributed by atoms with E-state index in [0.29, 0.717) is 17.9 Å². The predicted molar refractivity (Wildman–Crippen MR) is 123 cm³/mol. The molecular formula is C25H29N5O. The van der Waals surface area contributed by atoms with Gasteiger partial charge < -0.3 is 15.0 Å². The maximum Gasteiger partial charge on any atom is 0.165 e. The van der Waals surface area contributed by atoms with E-state index in [2.05, 4.69) is 68.9 Å². The monoisotopic (exact) mass is 415 g/mol. The summed E-state index contributed by atoms with van der Waals surface area (Å²) in [7, 11) is 0. The first kappa shape index (κ1) is 21.0. The summed E-state index contributed by atoms with van der Waals surface area (Å²) < 4.78 is 8.39. The van der Waals surface area contributed by atoms with Crippen LogP contribution >= 0.6 is 0 Å². The number of imidazole rings is 1. The van der Waals surface area contributed by atoms with Crippen molar-refractivity contribution in [2.24, 2.45) is 0 Å². The zero-order valence-electron chi connectivity index (χ0n) is 17.9. The smallest absolute Gasteiger partial charge is 0.165 e. The standard InChI is InChI=1S/C25H29N5O/c1-19(31-16-21-13-6-3-7-14-21)22(15-9-8-12-20-10-4-2-5-11-20)30-18-29-23-24(26)27-17-28-25(23)30/h2-7,10-11,13-14,17-19,22H,8-9,12,15-16H2,1H3,(H2,26,27,28)/t19-,22+/m0/s1. The summed E-state index contributed by atoms with van der Waals surface area (Å²) in [5.74, 6) is 0.407. The molecule has 0 spiro atoms. The van der Waals surface area contributed by atoms with Crippen molar-refractivity contribution in [2.75, 3.05) is 5.73 Å². The minimum Gasteiger partial charge on any atom is -0.382 e. The van der Waals surface area contributed by atoms with Crippen molar-refractivity contribution in [3.63, 3.8) is 0 Å². The maximum atomic E-state index is 6.29. The first-order valence-electron chi connectivity index (χ1n) is 10.8. The quantitative estimate of drug-likeness (QED) is 0.370. The second-order valence-corrected chi connectivity index (χ2v) is 7.88. The highest BCUT2D eigenvalue weighted by molar-refractivity contribution is 5.81. The molecule has 0 saturated carbocycles. The fourth-order valence-corrected chi connectivity index (χ4v) is 3.95. The number of anilines is 1. The summed E-state index contributed by atoms with van der Waals surface area (Å²) >= 11 is 0. The largest absolute Gasteiger partial charge is 0.382 e. The third-order valence-electron chi connectivity index (χ3n) is 5.70. The maximum absolute atomic E-state index is 6.29. The van der Waals surface area contributed by atoms with E-state index in [0.717, 1.165) is 31.3 Å². The Hall–Kier alpha value is -3.25. The Morgan fingerprint density at radius 1 is 0.903 bits per heavy atom. The number of ether oxygens (including phenoxy) is 1. The van der Waals surface area contributed by atoms with Gasteiger partial charge in [0.15, 0.2) is 11.5 Å². The van der Waals surface area contributed by atoms with Crippen LogP contribution in [0.2, 0.25) is 0 Å². The van der Waals surface area contributed by atoms with Crippen LogP contribution < -0.4 is 5.73 Å². The molecule has 0 radical (unpaired) electrons. The van der Waals surface area contributed by atoms with Crippen LogP contribution in [0.1, 0.15) is 43.4 Å². The molecular weight excluding hydrogens is 386 g/mol. The van der Waals surface area contributed by atoms with Gasteiger partial charge in [-0.05, 0) is 37.3 Å². The molecule has 0 saturated heterocycles. The number of fused-ring (bicyclic) bond motifs is 1. The zero-order valence-corrected chi connectivity index (χ0v) is 17.9. The minimum atomic E-state index is -0.00878. The van der Waals surface area contributed by atoms with Crippen LogP contribution in [-0.2, 0) is 17.8 Å². The first-order valence-corrected chi connectivity index (χ1v) is 10.8. The second-order valence-electron chi connectivity index (χ2n) is 7.88. The SMILES string of the molecule is C[C@H](OCc1ccccc1)[C@@H](CCCCc1ccccc1)n1cnc2c(N)ncnc21. The average Bonchev–Trinajstić information content (AvgIpc) is 3.24. The second kappa shape index (κ2) is 10.2. The lowest BCUT2D eigenvalue weighted by Crippen LogP contribution is -2.24. The molecule has 0 bridgehead atoms. The first-order chi connectivity index (χ1) is 15.2. The zero-order chi connectivity index (χ0) is 21.5. The van der Waals surface area contributed by atoms with Gasteiger partial charge in [0.05, 0.1) is 25.1 Å². The summed E-state index contributed by atoms with van der Waals surface area (Å²) in [4.78, 5) is 13.0. The molecule has 2 aromatic heterocycles. The van der Waals surface area contributed by atoms with Gasteiger partial charge >= 0.3 is 0 Å². The Morgan fingerprint density at radius 3 is 2.35 bits per heavy atom. The van der Waals surface area contributed by atoms with Gasteiger partial charge in [0.1, 0.15) is 11.8 Å². The number of aryl methyl sites for hydroxylation is 1. The van der Waals surface area contributed by atoms with E-state index in [-0.39, 0.29) is 12.1 Å². The van der Waals surface area contributed by atoms with Crippen LogP contribution in [0.25, 0.3) is 11.2 Å². The van der Waals surface area contributed by atoms with Crippen LogP contribution in [0.5, 0.6) is 0 Å². The molecule has 2 atom stereocenters. The van der Waals surface area contributed by atoms with E-state index in [9.17, 15) is 0 Å². The molecule has 160 valence electrons. The van der Waals surface area contributed by atoms with Crippen molar-refractivity contribution in [2.45, 2.75) is 51.4 Å². The molecule has 6 nitrogen and oxygen atoms in total. The Kier molecular flexibility index (Phi) is 6.89. The molecule has 6 heteroatoms. The molecule has 0 unspecified atom stereocenters. The Bertz CT molecular complexity index is 1080. The van der Waals surface area contributed by atoms with Gasteiger partial charge in [-0.1, -0.05) is 67.1 Å². The summed E-state index contributed by atoms with van der Waals surface area (Å²) in [6.45, 7) is 2.70. The fourth-order valence-electron chi connectivity index (χ4n) is 3.95. The van der Waals surface area contributed by atoms with E-state index >= 15 is 0 Å². The molecule has 4 rings (SSSR count). The lowest BCUT2D eigenvalue weighted by atomic mass is 10.0. The van der Waals surface area contributed by atoms with Crippen LogP contribution in [0.15, 0.2) is 73.3 Å². The third kappa shape index (κ3) is 5.27. The van der Waals surface area contributed by atoms with Gasteiger partial charge in [-0.15, -0.1) is 0 Å². The van der Waals surface area contributed by atoms with Gasteiger partial charge in [-0.2, -0.15) is 0 Å². The fraction of sp³-hybridized carbons (Fsp3) is 0.320. The number of nitrogens with two attached hydrogens (primary N) is 1. The molecule has 2 N–H and O–H groups in total. The van der Waals surface area contributed by atoms with Crippen molar-refractivity contribution in [3.05, 3.63) is 84.4 Å². The highest BCUT2D eigenvalue weighted by Gasteiger charge is 2.23. The van der Waals surface area contributed by atoms with Gasteiger partial charge in [-0.25, -0.2) is 15.0 Å². The number of nitrogens with zero attached hydrogens (tertiary/aromatic N) is 4. The number of nitrogen functional groups attached to an aromatic ring is 1. The topological polar surface area (TPSA) is 78.9 Å². The number of hydrogen-bond acceptors (Lipinski definition) is 5. The summed E-state index contributed by atoms with van der Waals surface area (Å²) in [5.41, 5.74) is 9.96. The molecule has 0 aliphatic heterocycles. The minimum absolute atomic E-state index is 0.00878. The molecule has 2 heterocycles. The molecule has 0 aliphatic carbocycles. The van der Waals surface area contributed by atoms with Gasteiger partial charge in [-0.3, -0.25) is 0 Å². The highest BCUT2D eigenvalue weighted by Crippen LogP contribution is 2.27. The van der Waals surface area contributed by atoms with Crippen LogP contribution in [0.3, 0.4) is 0 Å². The van der Waals surface area contributed by atoms with Crippen molar-refractivity contribution < 1.29 is 4.74 Å². The highest BCUT2D eigenvalue weighted by atomic mass is 16.5. The molecule has 4 aromatic rings. The predicted octanol–water partition coefficient (Wildman–Crippen LogP) is 4.97. The summed E-state index contributed by atoms with van der Waals surface area (Å²) in [6, 6.07) is 21.0. The van der Waals surface area contributed by atoms with Crippen molar-refractivity contribution >= 4 is 17.0 Å². The van der Waals surface area contributed by atoms with Crippen molar-refractivity contribution in [1.29, 1.82) is 0 Å². The summed E-state index contributed by atoms with van der Waals surface area (Å²) in [5, 5.41) is 0. The van der Waals surface area contributed by atoms with Crippen LogP contribution in [-0.4, -0.2) is 25.6 Å². The van der Waals surface area contributed by atoms with E-state index in [1.165, 1.54) is 17.5 Å². The van der Waals surface area contributed by atoms with E-state index in [1.807, 2.05) is 24.5 Å². The summed E-state index contributed by atoms with van der Waals surface area (Å²) in [6.07, 6.45) is 7.56. The average molecular weight is 416 g/mol. The molecule has 2 aromatic carbocycles. The Balaban J connectivity index is 1.47. The van der Waals surface area contributed by atoms with Gasteiger partial charge in [0.25, 0.3) is 0 Å². The molecule has 0 aliphatic rings. The lowest BCUT2D eigenvalue weighted by molar-refractivity contribution is 0.0150. The van der Waals surface area contributed by atoms with Gasteiger partial charge in [0, 0.05) is 0 Å². The van der Waals surface area contributed by atoms with E-state index < -0.39 is 0 Å². The Morgan fingerprint density at radius 2 is 1.61 bits per heavy atom. The molecule has 0 amide bonds. The van der Waals surface area contributed by atoms with Gasteiger partial charge in [0.2, 0.25) is 0 Å². The molecule has 0 fully saturated rings. The lowest BCUT2D eigenvalue weighted by Gasteiger charge is -2.26. The number of unbranched alkanes of at least 4 members (excludes halogenated alkanes) is 1. The third-order valence-corrected chi connectivity index (χ3v) is 5.70. The van der Waals surface area contributed by atoms with Crippen molar-refractivity contribution in [3.8, 4) is 0 Å². The number of hydrogen-bond donors (Lipinski definition) is 1. The number of aromatic nitrogens is 4. The number of benzene rings is 2. The van der Waals surface area contributed by atoms with Crippen molar-refractivity contribution in [1.82, 2.24) is 19.5 Å². The normalized spacial score (nSPS) is 13.3.